The van der Waals surface area contributed by atoms with E-state index in [4.69, 9.17) is 9.26 Å². The molecule has 22 heavy (non-hydrogen) atoms. The number of hydrogen-bond donors (Lipinski definition) is 1. The Morgan fingerprint density at radius 1 is 1.14 bits per heavy atom. The minimum absolute atomic E-state index is 0.179. The molecule has 1 N–H and O–H groups in total. The fraction of sp³-hybridized carbons (Fsp3) is 0.176. The lowest BCUT2D eigenvalue weighted by molar-refractivity contribution is 0.108. The highest BCUT2D eigenvalue weighted by molar-refractivity contribution is 5.56. The Labute approximate surface area is 128 Å². The molecule has 0 saturated carbocycles. The highest BCUT2D eigenvalue weighted by Gasteiger charge is 2.10. The fourth-order valence-corrected chi connectivity index (χ4v) is 2.09. The van der Waals surface area contributed by atoms with E-state index in [0.29, 0.717) is 17.5 Å². The zero-order valence-corrected chi connectivity index (χ0v) is 12.1. The molecule has 0 bridgehead atoms. The van der Waals surface area contributed by atoms with Gasteiger partial charge in [0.25, 0.3) is 0 Å². The summed E-state index contributed by atoms with van der Waals surface area (Å²) in [6.45, 7) is 1.92. The minimum Gasteiger partial charge on any atom is -0.491 e. The Bertz CT molecular complexity index is 740. The van der Waals surface area contributed by atoms with Gasteiger partial charge in [-0.2, -0.15) is 4.98 Å². The molecule has 3 rings (SSSR count). The number of benzene rings is 2. The number of ether oxygens (including phenoxy) is 1. The average Bonchev–Trinajstić information content (AvgIpc) is 3.00. The van der Waals surface area contributed by atoms with Crippen LogP contribution >= 0.6 is 0 Å². The van der Waals surface area contributed by atoms with Crippen LogP contribution in [-0.2, 0) is 0 Å². The zero-order valence-electron chi connectivity index (χ0n) is 12.1. The van der Waals surface area contributed by atoms with Crippen molar-refractivity contribution >= 4 is 0 Å². The predicted octanol–water partition coefficient (Wildman–Crippen LogP) is 3.16. The topological polar surface area (TPSA) is 68.4 Å². The highest BCUT2D eigenvalue weighted by atomic mass is 16.5. The van der Waals surface area contributed by atoms with Gasteiger partial charge in [0, 0.05) is 12.5 Å². The van der Waals surface area contributed by atoms with Gasteiger partial charge in [0.2, 0.25) is 11.7 Å². The summed E-state index contributed by atoms with van der Waals surface area (Å²) in [4.78, 5) is 4.18. The van der Waals surface area contributed by atoms with Crippen LogP contribution in [0, 0.1) is 6.92 Å². The maximum Gasteiger partial charge on any atom is 0.223 e. The molecule has 1 aromatic heterocycles. The van der Waals surface area contributed by atoms with Crippen molar-refractivity contribution in [1.82, 2.24) is 10.1 Å². The molecule has 2 aromatic carbocycles. The summed E-state index contributed by atoms with van der Waals surface area (Å²) in [6.07, 6.45) is -0.669. The number of hydrogen-bond acceptors (Lipinski definition) is 5. The Morgan fingerprint density at radius 3 is 2.68 bits per heavy atom. The second kappa shape index (κ2) is 6.41. The standard InChI is InChI=1S/C17H16N2O3/c1-12-18-17(19-22-12)14-8-5-9-15(10-14)21-11-16(20)13-6-3-2-4-7-13/h2-10,16,20H,11H2,1H3. The SMILES string of the molecule is Cc1nc(-c2cccc(OCC(O)c3ccccc3)c2)no1. The van der Waals surface area contributed by atoms with Crippen LogP contribution < -0.4 is 4.74 Å². The molecule has 5 heteroatoms. The molecule has 1 atom stereocenters. The third kappa shape index (κ3) is 3.32. The second-order valence-corrected chi connectivity index (χ2v) is 4.90. The number of aromatic nitrogens is 2. The first-order chi connectivity index (χ1) is 10.7. The summed E-state index contributed by atoms with van der Waals surface area (Å²) in [5.41, 5.74) is 1.64. The van der Waals surface area contributed by atoms with Crippen molar-refractivity contribution in [1.29, 1.82) is 0 Å². The van der Waals surface area contributed by atoms with Crippen LogP contribution in [0.2, 0.25) is 0 Å². The monoisotopic (exact) mass is 296 g/mol. The summed E-state index contributed by atoms with van der Waals surface area (Å²) in [5, 5.41) is 14.0. The van der Waals surface area contributed by atoms with Gasteiger partial charge in [-0.25, -0.2) is 0 Å². The van der Waals surface area contributed by atoms with Gasteiger partial charge in [0.1, 0.15) is 18.5 Å². The van der Waals surface area contributed by atoms with Crippen molar-refractivity contribution in [2.75, 3.05) is 6.61 Å². The van der Waals surface area contributed by atoms with Crippen LogP contribution in [0.5, 0.6) is 5.75 Å². The molecular formula is C17H16N2O3. The van der Waals surface area contributed by atoms with E-state index in [1.54, 1.807) is 6.92 Å². The van der Waals surface area contributed by atoms with Crippen molar-refractivity contribution in [3.05, 3.63) is 66.1 Å². The number of aryl methyl sites for hydroxylation is 1. The first kappa shape index (κ1) is 14.3. The lowest BCUT2D eigenvalue weighted by atomic mass is 10.1. The lowest BCUT2D eigenvalue weighted by Gasteiger charge is -2.13. The van der Waals surface area contributed by atoms with Gasteiger partial charge in [-0.15, -0.1) is 0 Å². The van der Waals surface area contributed by atoms with Gasteiger partial charge < -0.3 is 14.4 Å². The van der Waals surface area contributed by atoms with E-state index in [-0.39, 0.29) is 6.61 Å². The van der Waals surface area contributed by atoms with E-state index in [2.05, 4.69) is 10.1 Å². The van der Waals surface area contributed by atoms with Crippen molar-refractivity contribution in [2.24, 2.45) is 0 Å². The lowest BCUT2D eigenvalue weighted by Crippen LogP contribution is -2.09. The summed E-state index contributed by atoms with van der Waals surface area (Å²) in [6, 6.07) is 16.8. The number of aliphatic hydroxyl groups is 1. The van der Waals surface area contributed by atoms with Gasteiger partial charge in [-0.3, -0.25) is 0 Å². The van der Waals surface area contributed by atoms with E-state index in [9.17, 15) is 5.11 Å². The third-order valence-corrected chi connectivity index (χ3v) is 3.21. The van der Waals surface area contributed by atoms with Crippen LogP contribution in [-0.4, -0.2) is 21.9 Å². The number of nitrogens with zero attached hydrogens (tertiary/aromatic N) is 2. The fourth-order valence-electron chi connectivity index (χ4n) is 2.09. The van der Waals surface area contributed by atoms with Gasteiger partial charge in [-0.1, -0.05) is 47.6 Å². The van der Waals surface area contributed by atoms with Gasteiger partial charge in [0.15, 0.2) is 0 Å². The smallest absolute Gasteiger partial charge is 0.223 e. The summed E-state index contributed by atoms with van der Waals surface area (Å²) >= 11 is 0. The maximum atomic E-state index is 10.1. The first-order valence-electron chi connectivity index (χ1n) is 6.99. The molecule has 5 nitrogen and oxygen atoms in total. The van der Waals surface area contributed by atoms with Crippen molar-refractivity contribution in [3.8, 4) is 17.1 Å². The number of rotatable bonds is 5. The van der Waals surface area contributed by atoms with E-state index in [1.807, 2.05) is 54.6 Å². The molecular weight excluding hydrogens is 280 g/mol. The molecule has 0 saturated heterocycles. The molecule has 0 aliphatic rings. The third-order valence-electron chi connectivity index (χ3n) is 3.21. The largest absolute Gasteiger partial charge is 0.491 e. The van der Waals surface area contributed by atoms with E-state index >= 15 is 0 Å². The van der Waals surface area contributed by atoms with Crippen LogP contribution in [0.25, 0.3) is 11.4 Å². The molecule has 0 fully saturated rings. The Balaban J connectivity index is 1.68. The van der Waals surface area contributed by atoms with E-state index < -0.39 is 6.10 Å². The molecule has 1 unspecified atom stereocenters. The zero-order chi connectivity index (χ0) is 15.4. The summed E-state index contributed by atoms with van der Waals surface area (Å²) < 4.78 is 10.6. The summed E-state index contributed by atoms with van der Waals surface area (Å²) in [7, 11) is 0. The first-order valence-corrected chi connectivity index (χ1v) is 6.99. The second-order valence-electron chi connectivity index (χ2n) is 4.90. The number of aliphatic hydroxyl groups excluding tert-OH is 1. The quantitative estimate of drug-likeness (QED) is 0.783. The molecule has 1 heterocycles. The van der Waals surface area contributed by atoms with E-state index in [0.717, 1.165) is 11.1 Å². The molecule has 3 aromatic rings. The van der Waals surface area contributed by atoms with Crippen molar-refractivity contribution in [2.45, 2.75) is 13.0 Å². The highest BCUT2D eigenvalue weighted by Crippen LogP contribution is 2.22. The van der Waals surface area contributed by atoms with Crippen LogP contribution in [0.15, 0.2) is 59.1 Å². The van der Waals surface area contributed by atoms with Crippen LogP contribution in [0.1, 0.15) is 17.6 Å². The molecule has 0 radical (unpaired) electrons. The van der Waals surface area contributed by atoms with E-state index in [1.165, 1.54) is 0 Å². The maximum absolute atomic E-state index is 10.1. The predicted molar refractivity (Wildman–Crippen MR) is 81.4 cm³/mol. The molecule has 0 spiro atoms. The van der Waals surface area contributed by atoms with Crippen molar-refractivity contribution < 1.29 is 14.4 Å². The van der Waals surface area contributed by atoms with Gasteiger partial charge >= 0.3 is 0 Å². The summed E-state index contributed by atoms with van der Waals surface area (Å²) in [5.74, 6) is 1.68. The van der Waals surface area contributed by atoms with Crippen LogP contribution in [0.4, 0.5) is 0 Å². The minimum atomic E-state index is -0.669. The molecule has 0 aliphatic heterocycles. The van der Waals surface area contributed by atoms with Crippen molar-refractivity contribution in [3.63, 3.8) is 0 Å². The average molecular weight is 296 g/mol. The van der Waals surface area contributed by atoms with Gasteiger partial charge in [0.05, 0.1) is 0 Å². The molecule has 0 amide bonds. The molecule has 0 aliphatic carbocycles. The van der Waals surface area contributed by atoms with Crippen LogP contribution in [0.3, 0.4) is 0 Å². The normalized spacial score (nSPS) is 12.1. The van der Waals surface area contributed by atoms with Gasteiger partial charge in [-0.05, 0) is 17.7 Å². The Kier molecular flexibility index (Phi) is 4.16. The molecule has 112 valence electrons. The Morgan fingerprint density at radius 2 is 1.95 bits per heavy atom. The Hall–Kier alpha value is -2.66.